The molecule has 0 aliphatic heterocycles. The predicted octanol–water partition coefficient (Wildman–Crippen LogP) is 5.30. The van der Waals surface area contributed by atoms with Crippen LogP contribution in [0.5, 0.6) is 0 Å². The standard InChI is InChI=1S/C15H8BrClF2N2/c1-7-2-8(4-10(18)3-7)15-20-13-11(14(17)21-15)5-9(16)6-12(13)19/h2-6H,1H3. The van der Waals surface area contributed by atoms with Gasteiger partial charge < -0.3 is 0 Å². The van der Waals surface area contributed by atoms with Crippen LogP contribution < -0.4 is 0 Å². The van der Waals surface area contributed by atoms with E-state index in [2.05, 4.69) is 25.9 Å². The lowest BCUT2D eigenvalue weighted by Crippen LogP contribution is -1.95. The third-order valence-electron chi connectivity index (χ3n) is 2.97. The molecule has 6 heteroatoms. The molecule has 3 aromatic rings. The van der Waals surface area contributed by atoms with Crippen LogP contribution in [-0.4, -0.2) is 9.97 Å². The average molecular weight is 370 g/mol. The molecule has 3 rings (SSSR count). The molecule has 0 spiro atoms. The maximum atomic E-state index is 14.0. The van der Waals surface area contributed by atoms with E-state index in [0.29, 0.717) is 15.4 Å². The summed E-state index contributed by atoms with van der Waals surface area (Å²) in [7, 11) is 0. The molecule has 1 heterocycles. The Kier molecular flexibility index (Phi) is 3.63. The van der Waals surface area contributed by atoms with E-state index < -0.39 is 11.6 Å². The Morgan fingerprint density at radius 2 is 1.81 bits per heavy atom. The van der Waals surface area contributed by atoms with Crippen LogP contribution in [0.1, 0.15) is 5.56 Å². The second kappa shape index (κ2) is 5.31. The summed E-state index contributed by atoms with van der Waals surface area (Å²) in [5.74, 6) is -0.726. The molecular formula is C15H8BrClF2N2. The van der Waals surface area contributed by atoms with Gasteiger partial charge >= 0.3 is 0 Å². The highest BCUT2D eigenvalue weighted by Crippen LogP contribution is 2.29. The fourth-order valence-electron chi connectivity index (χ4n) is 2.12. The lowest BCUT2D eigenvalue weighted by atomic mass is 10.1. The molecule has 1 aromatic heterocycles. The molecule has 0 radical (unpaired) electrons. The molecule has 0 saturated carbocycles. The molecule has 0 unspecified atom stereocenters. The van der Waals surface area contributed by atoms with Crippen LogP contribution in [0.25, 0.3) is 22.3 Å². The van der Waals surface area contributed by atoms with Crippen molar-refractivity contribution in [3.63, 3.8) is 0 Å². The predicted molar refractivity (Wildman–Crippen MR) is 82.3 cm³/mol. The third-order valence-corrected chi connectivity index (χ3v) is 3.72. The minimum absolute atomic E-state index is 0.107. The highest BCUT2D eigenvalue weighted by Gasteiger charge is 2.13. The molecule has 21 heavy (non-hydrogen) atoms. The summed E-state index contributed by atoms with van der Waals surface area (Å²) in [6, 6.07) is 7.34. The minimum atomic E-state index is -0.516. The maximum absolute atomic E-state index is 14.0. The van der Waals surface area contributed by atoms with E-state index in [-0.39, 0.29) is 16.5 Å². The lowest BCUT2D eigenvalue weighted by molar-refractivity contribution is 0.627. The van der Waals surface area contributed by atoms with Crippen molar-refractivity contribution in [3.05, 3.63) is 57.2 Å². The normalized spacial score (nSPS) is 11.1. The van der Waals surface area contributed by atoms with Crippen LogP contribution in [0.15, 0.2) is 34.8 Å². The van der Waals surface area contributed by atoms with Crippen molar-refractivity contribution in [1.82, 2.24) is 9.97 Å². The summed E-state index contributed by atoms with van der Waals surface area (Å²) < 4.78 is 28.1. The van der Waals surface area contributed by atoms with Crippen LogP contribution in [-0.2, 0) is 0 Å². The van der Waals surface area contributed by atoms with Gasteiger partial charge in [-0.3, -0.25) is 0 Å². The Balaban J connectivity index is 2.30. The summed E-state index contributed by atoms with van der Waals surface area (Å²) in [4.78, 5) is 8.31. The molecule has 0 atom stereocenters. The molecule has 0 bridgehead atoms. The fourth-order valence-corrected chi connectivity index (χ4v) is 2.77. The number of fused-ring (bicyclic) bond motifs is 1. The van der Waals surface area contributed by atoms with Gasteiger partial charge in [0.25, 0.3) is 0 Å². The summed E-state index contributed by atoms with van der Waals surface area (Å²) in [5.41, 5.74) is 1.29. The zero-order valence-corrected chi connectivity index (χ0v) is 13.1. The fraction of sp³-hybridized carbons (Fsp3) is 0.0667. The van der Waals surface area contributed by atoms with Crippen LogP contribution >= 0.6 is 27.5 Å². The smallest absolute Gasteiger partial charge is 0.161 e. The first-order valence-electron chi connectivity index (χ1n) is 6.04. The number of halogens is 4. The molecule has 0 N–H and O–H groups in total. The van der Waals surface area contributed by atoms with Gasteiger partial charge in [0.1, 0.15) is 16.5 Å². The quantitative estimate of drug-likeness (QED) is 0.544. The molecule has 0 aliphatic carbocycles. The number of hydrogen-bond donors (Lipinski definition) is 0. The van der Waals surface area contributed by atoms with E-state index in [9.17, 15) is 8.78 Å². The van der Waals surface area contributed by atoms with Crippen LogP contribution in [0.4, 0.5) is 8.78 Å². The van der Waals surface area contributed by atoms with E-state index in [1.165, 1.54) is 18.2 Å². The topological polar surface area (TPSA) is 25.8 Å². The third kappa shape index (κ3) is 2.76. The van der Waals surface area contributed by atoms with Gasteiger partial charge in [0.05, 0.1) is 0 Å². The first-order chi connectivity index (χ1) is 9.94. The van der Waals surface area contributed by atoms with Gasteiger partial charge in [-0.1, -0.05) is 27.5 Å². The van der Waals surface area contributed by atoms with E-state index in [1.807, 2.05) is 0 Å². The largest absolute Gasteiger partial charge is 0.225 e. The van der Waals surface area contributed by atoms with Crippen molar-refractivity contribution in [2.75, 3.05) is 0 Å². The lowest BCUT2D eigenvalue weighted by Gasteiger charge is -2.07. The van der Waals surface area contributed by atoms with Gasteiger partial charge in [0.2, 0.25) is 0 Å². The molecule has 0 fully saturated rings. The number of nitrogens with zero attached hydrogens (tertiary/aromatic N) is 2. The van der Waals surface area contributed by atoms with Crippen molar-refractivity contribution in [2.45, 2.75) is 6.92 Å². The Bertz CT molecular complexity index is 848. The van der Waals surface area contributed by atoms with Crippen LogP contribution in [0.3, 0.4) is 0 Å². The SMILES string of the molecule is Cc1cc(F)cc(-c2nc(Cl)c3cc(Br)cc(F)c3n2)c1. The second-order valence-electron chi connectivity index (χ2n) is 4.64. The van der Waals surface area contributed by atoms with Crippen molar-refractivity contribution in [2.24, 2.45) is 0 Å². The van der Waals surface area contributed by atoms with Crippen molar-refractivity contribution >= 4 is 38.4 Å². The van der Waals surface area contributed by atoms with Crippen LogP contribution in [0, 0.1) is 18.6 Å². The summed E-state index contributed by atoms with van der Waals surface area (Å²) >= 11 is 9.30. The molecule has 0 saturated heterocycles. The molecule has 2 nitrogen and oxygen atoms in total. The Morgan fingerprint density at radius 3 is 2.52 bits per heavy atom. The van der Waals surface area contributed by atoms with E-state index in [0.717, 1.165) is 5.56 Å². The second-order valence-corrected chi connectivity index (χ2v) is 5.91. The summed E-state index contributed by atoms with van der Waals surface area (Å²) in [5, 5.41) is 0.525. The van der Waals surface area contributed by atoms with Crippen molar-refractivity contribution in [3.8, 4) is 11.4 Å². The first-order valence-corrected chi connectivity index (χ1v) is 7.21. The number of benzene rings is 2. The zero-order valence-electron chi connectivity index (χ0n) is 10.8. The molecular weight excluding hydrogens is 362 g/mol. The van der Waals surface area contributed by atoms with Crippen molar-refractivity contribution in [1.29, 1.82) is 0 Å². The maximum Gasteiger partial charge on any atom is 0.161 e. The molecule has 2 aromatic carbocycles. The summed E-state index contributed by atoms with van der Waals surface area (Å²) in [6.07, 6.45) is 0. The monoisotopic (exact) mass is 368 g/mol. The summed E-state index contributed by atoms with van der Waals surface area (Å²) in [6.45, 7) is 1.76. The number of aromatic nitrogens is 2. The van der Waals surface area contributed by atoms with Gasteiger partial charge in [-0.05, 0) is 42.8 Å². The highest BCUT2D eigenvalue weighted by atomic mass is 79.9. The Labute approximate surface area is 132 Å². The van der Waals surface area contributed by atoms with Gasteiger partial charge in [-0.2, -0.15) is 0 Å². The first kappa shape index (κ1) is 14.4. The minimum Gasteiger partial charge on any atom is -0.225 e. The molecule has 0 amide bonds. The van der Waals surface area contributed by atoms with E-state index >= 15 is 0 Å². The number of aryl methyl sites for hydroxylation is 1. The van der Waals surface area contributed by atoms with Gasteiger partial charge in [-0.25, -0.2) is 18.7 Å². The van der Waals surface area contributed by atoms with E-state index in [1.54, 1.807) is 19.1 Å². The Hall–Kier alpha value is -1.59. The van der Waals surface area contributed by atoms with Crippen molar-refractivity contribution < 1.29 is 8.78 Å². The number of rotatable bonds is 1. The molecule has 106 valence electrons. The van der Waals surface area contributed by atoms with Gasteiger partial charge in [0, 0.05) is 15.4 Å². The number of hydrogen-bond acceptors (Lipinski definition) is 2. The zero-order chi connectivity index (χ0) is 15.1. The molecule has 0 aliphatic rings. The van der Waals surface area contributed by atoms with E-state index in [4.69, 9.17) is 11.6 Å². The average Bonchev–Trinajstić information content (AvgIpc) is 2.38. The van der Waals surface area contributed by atoms with Crippen LogP contribution in [0.2, 0.25) is 5.15 Å². The van der Waals surface area contributed by atoms with Gasteiger partial charge in [0.15, 0.2) is 11.6 Å². The van der Waals surface area contributed by atoms with Gasteiger partial charge in [-0.15, -0.1) is 0 Å². The highest BCUT2D eigenvalue weighted by molar-refractivity contribution is 9.10. The Morgan fingerprint density at radius 1 is 1.05 bits per heavy atom.